The van der Waals surface area contributed by atoms with E-state index in [2.05, 4.69) is 0 Å². The van der Waals surface area contributed by atoms with E-state index in [-0.39, 0.29) is 11.5 Å². The zero-order valence-electron chi connectivity index (χ0n) is 5.91. The number of phenols is 2. The lowest BCUT2D eigenvalue weighted by molar-refractivity contribution is 0.470. The van der Waals surface area contributed by atoms with Crippen LogP contribution >= 0.6 is 22.9 Å². The Labute approximate surface area is 77.6 Å². The highest BCUT2D eigenvalue weighted by Crippen LogP contribution is 2.40. The maximum absolute atomic E-state index is 9.38. The number of rotatable bonds is 0. The summed E-state index contributed by atoms with van der Waals surface area (Å²) >= 11 is 7.10. The van der Waals surface area contributed by atoms with Crippen molar-refractivity contribution < 1.29 is 10.2 Å². The molecule has 0 aliphatic heterocycles. The Morgan fingerprint density at radius 1 is 1.17 bits per heavy atom. The second kappa shape index (κ2) is 2.54. The molecule has 2 rings (SSSR count). The third-order valence-electron chi connectivity index (χ3n) is 1.63. The van der Waals surface area contributed by atoms with Crippen LogP contribution in [0.5, 0.6) is 11.5 Å². The van der Waals surface area contributed by atoms with Gasteiger partial charge in [0.2, 0.25) is 0 Å². The van der Waals surface area contributed by atoms with Gasteiger partial charge in [0.05, 0.1) is 15.1 Å². The second-order valence-corrected chi connectivity index (χ2v) is 3.68. The summed E-state index contributed by atoms with van der Waals surface area (Å²) in [4.78, 5) is 0. The summed E-state index contributed by atoms with van der Waals surface area (Å²) in [6.07, 6.45) is 0. The zero-order valence-corrected chi connectivity index (χ0v) is 7.49. The smallest absolute Gasteiger partial charge is 0.133 e. The minimum atomic E-state index is 0.106. The predicted molar refractivity (Wildman–Crippen MR) is 50.2 cm³/mol. The van der Waals surface area contributed by atoms with E-state index in [1.165, 1.54) is 23.5 Å². The minimum absolute atomic E-state index is 0.106. The molecule has 0 amide bonds. The molecule has 4 heteroatoms. The fraction of sp³-hybridized carbons (Fsp3) is 0. The van der Waals surface area contributed by atoms with E-state index in [9.17, 15) is 10.2 Å². The average Bonchev–Trinajstić information content (AvgIpc) is 2.42. The summed E-state index contributed by atoms with van der Waals surface area (Å²) in [5, 5.41) is 21.4. The maximum Gasteiger partial charge on any atom is 0.133 e. The molecule has 1 aromatic carbocycles. The molecule has 1 heterocycles. The summed E-state index contributed by atoms with van der Waals surface area (Å²) in [5.74, 6) is 0.258. The topological polar surface area (TPSA) is 40.5 Å². The maximum atomic E-state index is 9.38. The van der Waals surface area contributed by atoms with Crippen molar-refractivity contribution in [3.05, 3.63) is 22.5 Å². The summed E-state index contributed by atoms with van der Waals surface area (Å²) in [5.41, 5.74) is 0. The molecule has 0 aliphatic rings. The standard InChI is InChI=1S/C8H5ClO2S/c9-4-3-12-8-6(11)2-1-5(10)7(4)8/h1-3,10-11H. The fourth-order valence-corrected chi connectivity index (χ4v) is 2.32. The highest BCUT2D eigenvalue weighted by molar-refractivity contribution is 7.18. The third kappa shape index (κ3) is 0.940. The number of halogens is 1. The predicted octanol–water partition coefficient (Wildman–Crippen LogP) is 2.97. The third-order valence-corrected chi connectivity index (χ3v) is 3.06. The Morgan fingerprint density at radius 3 is 2.50 bits per heavy atom. The molecule has 0 saturated carbocycles. The highest BCUT2D eigenvalue weighted by Gasteiger charge is 2.09. The highest BCUT2D eigenvalue weighted by atomic mass is 35.5. The molecule has 0 bridgehead atoms. The number of aromatic hydroxyl groups is 2. The van der Waals surface area contributed by atoms with Gasteiger partial charge in [0.25, 0.3) is 0 Å². The van der Waals surface area contributed by atoms with Gasteiger partial charge in [-0.3, -0.25) is 0 Å². The van der Waals surface area contributed by atoms with Crippen LogP contribution in [0.1, 0.15) is 0 Å². The van der Waals surface area contributed by atoms with E-state index < -0.39 is 0 Å². The number of fused-ring (bicyclic) bond motifs is 1. The monoisotopic (exact) mass is 200 g/mol. The summed E-state index contributed by atoms with van der Waals surface area (Å²) in [6, 6.07) is 2.88. The van der Waals surface area contributed by atoms with Crippen LogP contribution in [-0.2, 0) is 0 Å². The fourth-order valence-electron chi connectivity index (χ4n) is 1.08. The van der Waals surface area contributed by atoms with Crippen molar-refractivity contribution in [1.82, 2.24) is 0 Å². The molecule has 2 aromatic rings. The number of hydrogen-bond donors (Lipinski definition) is 2. The van der Waals surface area contributed by atoms with Crippen molar-refractivity contribution in [3.8, 4) is 11.5 Å². The molecule has 0 aliphatic carbocycles. The van der Waals surface area contributed by atoms with Gasteiger partial charge in [0.15, 0.2) is 0 Å². The molecule has 1 aromatic heterocycles. The number of thiophene rings is 1. The molecule has 0 saturated heterocycles. The lowest BCUT2D eigenvalue weighted by atomic mass is 10.2. The van der Waals surface area contributed by atoms with Gasteiger partial charge in [-0.25, -0.2) is 0 Å². The molecule has 2 nitrogen and oxygen atoms in total. The number of phenolic OH excluding ortho intramolecular Hbond substituents is 2. The second-order valence-electron chi connectivity index (χ2n) is 2.39. The van der Waals surface area contributed by atoms with E-state index in [4.69, 9.17) is 11.6 Å². The van der Waals surface area contributed by atoms with Crippen molar-refractivity contribution in [2.75, 3.05) is 0 Å². The first kappa shape index (κ1) is 7.71. The van der Waals surface area contributed by atoms with Crippen LogP contribution in [-0.4, -0.2) is 10.2 Å². The van der Waals surface area contributed by atoms with E-state index >= 15 is 0 Å². The Kier molecular flexibility index (Phi) is 1.63. The number of benzene rings is 1. The van der Waals surface area contributed by atoms with Crippen molar-refractivity contribution in [2.24, 2.45) is 0 Å². The molecule has 0 unspecified atom stereocenters. The first-order chi connectivity index (χ1) is 5.70. The molecule has 0 radical (unpaired) electrons. The Bertz CT molecular complexity index is 436. The molecule has 2 N–H and O–H groups in total. The van der Waals surface area contributed by atoms with E-state index in [0.717, 1.165) is 0 Å². The van der Waals surface area contributed by atoms with Crippen molar-refractivity contribution in [1.29, 1.82) is 0 Å². The van der Waals surface area contributed by atoms with Gasteiger partial charge in [-0.1, -0.05) is 11.6 Å². The first-order valence-corrected chi connectivity index (χ1v) is 4.53. The van der Waals surface area contributed by atoms with E-state index in [1.807, 2.05) is 0 Å². The average molecular weight is 201 g/mol. The van der Waals surface area contributed by atoms with Crippen LogP contribution in [0.4, 0.5) is 0 Å². The van der Waals surface area contributed by atoms with Crippen molar-refractivity contribution in [3.63, 3.8) is 0 Å². The van der Waals surface area contributed by atoms with Gasteiger partial charge in [0, 0.05) is 5.38 Å². The van der Waals surface area contributed by atoms with Gasteiger partial charge in [-0.15, -0.1) is 11.3 Å². The first-order valence-electron chi connectivity index (χ1n) is 3.28. The quantitative estimate of drug-likeness (QED) is 0.642. The van der Waals surface area contributed by atoms with Gasteiger partial charge >= 0.3 is 0 Å². The Balaban J connectivity index is 2.98. The van der Waals surface area contributed by atoms with Crippen LogP contribution in [0, 0.1) is 0 Å². The van der Waals surface area contributed by atoms with Gasteiger partial charge in [0.1, 0.15) is 11.5 Å². The van der Waals surface area contributed by atoms with Crippen LogP contribution in [0.15, 0.2) is 17.5 Å². The molecule has 0 spiro atoms. The summed E-state index contributed by atoms with van der Waals surface area (Å²) < 4.78 is 0.625. The van der Waals surface area contributed by atoms with Crippen LogP contribution < -0.4 is 0 Å². The Morgan fingerprint density at radius 2 is 1.83 bits per heavy atom. The van der Waals surface area contributed by atoms with E-state index in [0.29, 0.717) is 15.1 Å². The summed E-state index contributed by atoms with van der Waals surface area (Å²) in [6.45, 7) is 0. The van der Waals surface area contributed by atoms with Crippen LogP contribution in [0.2, 0.25) is 5.02 Å². The zero-order chi connectivity index (χ0) is 8.72. The number of hydrogen-bond acceptors (Lipinski definition) is 3. The van der Waals surface area contributed by atoms with Gasteiger partial charge in [-0.2, -0.15) is 0 Å². The molecule has 12 heavy (non-hydrogen) atoms. The summed E-state index contributed by atoms with van der Waals surface area (Å²) in [7, 11) is 0. The van der Waals surface area contributed by atoms with Crippen LogP contribution in [0.25, 0.3) is 10.1 Å². The van der Waals surface area contributed by atoms with Crippen LogP contribution in [0.3, 0.4) is 0 Å². The largest absolute Gasteiger partial charge is 0.507 e. The minimum Gasteiger partial charge on any atom is -0.507 e. The van der Waals surface area contributed by atoms with Crippen molar-refractivity contribution >= 4 is 33.0 Å². The van der Waals surface area contributed by atoms with Crippen molar-refractivity contribution in [2.45, 2.75) is 0 Å². The lowest BCUT2D eigenvalue weighted by Gasteiger charge is -1.97. The van der Waals surface area contributed by atoms with Gasteiger partial charge in [-0.05, 0) is 12.1 Å². The normalized spacial score (nSPS) is 10.8. The molecule has 0 atom stereocenters. The van der Waals surface area contributed by atoms with Gasteiger partial charge < -0.3 is 10.2 Å². The molecule has 62 valence electrons. The van der Waals surface area contributed by atoms with E-state index in [1.54, 1.807) is 5.38 Å². The molecular weight excluding hydrogens is 196 g/mol. The SMILES string of the molecule is Oc1ccc(O)c2c(Cl)csc12. The molecular formula is C8H5ClO2S. The Hall–Kier alpha value is -0.930. The molecule has 0 fully saturated rings. The lowest BCUT2D eigenvalue weighted by Crippen LogP contribution is -1.68.